The number of aromatic nitrogens is 2. The molecule has 4 rings (SSSR count). The number of nitrogens with zero attached hydrogens (tertiary/aromatic N) is 2. The molecule has 0 saturated carbocycles. The Balaban J connectivity index is 1.53. The van der Waals surface area contributed by atoms with E-state index in [1.807, 2.05) is 60.0 Å². The number of methoxy groups -OCH3 is 1. The standard InChI is InChI=1S/C23H21N3O3/c1-3-29-22-14-16(8-13-21(22)28-2)23(27)25-17-9-11-18(12-10-17)26-15-24-19-6-4-5-7-20(19)26/h4-15H,3H2,1-2H3,(H,25,27). The molecule has 0 saturated heterocycles. The number of imidazole rings is 1. The van der Waals surface area contributed by atoms with Gasteiger partial charge in [0, 0.05) is 16.9 Å². The van der Waals surface area contributed by atoms with E-state index < -0.39 is 0 Å². The van der Waals surface area contributed by atoms with Gasteiger partial charge in [-0.2, -0.15) is 0 Å². The highest BCUT2D eigenvalue weighted by atomic mass is 16.5. The molecule has 0 atom stereocenters. The zero-order valence-corrected chi connectivity index (χ0v) is 16.3. The van der Waals surface area contributed by atoms with E-state index in [0.29, 0.717) is 29.4 Å². The smallest absolute Gasteiger partial charge is 0.255 e. The van der Waals surface area contributed by atoms with Crippen LogP contribution in [0.2, 0.25) is 0 Å². The van der Waals surface area contributed by atoms with E-state index in [4.69, 9.17) is 9.47 Å². The van der Waals surface area contributed by atoms with Crippen molar-refractivity contribution in [1.29, 1.82) is 0 Å². The van der Waals surface area contributed by atoms with Gasteiger partial charge in [-0.3, -0.25) is 9.36 Å². The summed E-state index contributed by atoms with van der Waals surface area (Å²) >= 11 is 0. The van der Waals surface area contributed by atoms with E-state index in [1.54, 1.807) is 31.6 Å². The number of hydrogen-bond acceptors (Lipinski definition) is 4. The number of fused-ring (bicyclic) bond motifs is 1. The van der Waals surface area contributed by atoms with Crippen molar-refractivity contribution in [3.05, 3.63) is 78.6 Å². The van der Waals surface area contributed by atoms with Crippen LogP contribution in [0.15, 0.2) is 73.1 Å². The number of rotatable bonds is 6. The molecular weight excluding hydrogens is 366 g/mol. The molecule has 0 spiro atoms. The number of nitrogens with one attached hydrogen (secondary N) is 1. The van der Waals surface area contributed by atoms with Gasteiger partial charge in [-0.25, -0.2) is 4.98 Å². The summed E-state index contributed by atoms with van der Waals surface area (Å²) in [5.74, 6) is 0.930. The Hall–Kier alpha value is -3.80. The highest BCUT2D eigenvalue weighted by molar-refractivity contribution is 6.04. The first-order valence-corrected chi connectivity index (χ1v) is 9.34. The van der Waals surface area contributed by atoms with Crippen LogP contribution in [0.5, 0.6) is 11.5 Å². The maximum atomic E-state index is 12.6. The summed E-state index contributed by atoms with van der Waals surface area (Å²) in [5, 5.41) is 2.91. The minimum atomic E-state index is -0.213. The number of carbonyl (C=O) groups excluding carboxylic acids is 1. The predicted molar refractivity (Wildman–Crippen MR) is 113 cm³/mol. The number of hydrogen-bond donors (Lipinski definition) is 1. The molecule has 0 fully saturated rings. The number of para-hydroxylation sites is 2. The molecule has 6 heteroatoms. The largest absolute Gasteiger partial charge is 0.493 e. The van der Waals surface area contributed by atoms with Crippen molar-refractivity contribution in [1.82, 2.24) is 9.55 Å². The Morgan fingerprint density at radius 3 is 2.59 bits per heavy atom. The van der Waals surface area contributed by atoms with E-state index in [9.17, 15) is 4.79 Å². The Morgan fingerprint density at radius 2 is 1.83 bits per heavy atom. The lowest BCUT2D eigenvalue weighted by Gasteiger charge is -2.12. The highest BCUT2D eigenvalue weighted by Crippen LogP contribution is 2.28. The molecule has 1 heterocycles. The molecule has 1 amide bonds. The van der Waals surface area contributed by atoms with Crippen LogP contribution in [-0.2, 0) is 0 Å². The van der Waals surface area contributed by atoms with E-state index >= 15 is 0 Å². The third-order valence-corrected chi connectivity index (χ3v) is 4.58. The van der Waals surface area contributed by atoms with Crippen LogP contribution in [0, 0.1) is 0 Å². The fraction of sp³-hybridized carbons (Fsp3) is 0.130. The molecule has 1 N–H and O–H groups in total. The number of ether oxygens (including phenoxy) is 2. The lowest BCUT2D eigenvalue weighted by atomic mass is 10.1. The van der Waals surface area contributed by atoms with E-state index in [1.165, 1.54) is 0 Å². The Morgan fingerprint density at radius 1 is 1.03 bits per heavy atom. The van der Waals surface area contributed by atoms with Gasteiger partial charge in [0.15, 0.2) is 11.5 Å². The molecule has 1 aromatic heterocycles. The van der Waals surface area contributed by atoms with Crippen LogP contribution in [-0.4, -0.2) is 29.2 Å². The number of benzene rings is 3. The average molecular weight is 387 g/mol. The van der Waals surface area contributed by atoms with E-state index in [-0.39, 0.29) is 5.91 Å². The van der Waals surface area contributed by atoms with Gasteiger partial charge in [0.1, 0.15) is 6.33 Å². The minimum Gasteiger partial charge on any atom is -0.493 e. The van der Waals surface area contributed by atoms with Crippen molar-refractivity contribution >= 4 is 22.6 Å². The van der Waals surface area contributed by atoms with Crippen molar-refractivity contribution in [2.45, 2.75) is 6.92 Å². The summed E-state index contributed by atoms with van der Waals surface area (Å²) in [4.78, 5) is 17.0. The summed E-state index contributed by atoms with van der Waals surface area (Å²) in [6.07, 6.45) is 1.80. The van der Waals surface area contributed by atoms with Gasteiger partial charge >= 0.3 is 0 Å². The molecular formula is C23H21N3O3. The van der Waals surface area contributed by atoms with Crippen molar-refractivity contribution in [3.63, 3.8) is 0 Å². The molecule has 0 radical (unpaired) electrons. The van der Waals surface area contributed by atoms with Gasteiger partial charge in [-0.1, -0.05) is 12.1 Å². The fourth-order valence-corrected chi connectivity index (χ4v) is 3.16. The monoisotopic (exact) mass is 387 g/mol. The minimum absolute atomic E-state index is 0.213. The maximum absolute atomic E-state index is 12.6. The van der Waals surface area contributed by atoms with E-state index in [2.05, 4.69) is 10.3 Å². The zero-order valence-electron chi connectivity index (χ0n) is 16.3. The summed E-state index contributed by atoms with van der Waals surface area (Å²) in [6, 6.07) is 20.7. The number of amides is 1. The Kier molecular flexibility index (Phi) is 5.16. The van der Waals surface area contributed by atoms with Crippen molar-refractivity contribution in [2.24, 2.45) is 0 Å². The highest BCUT2D eigenvalue weighted by Gasteiger charge is 2.12. The Labute approximate surface area is 168 Å². The third kappa shape index (κ3) is 3.78. The maximum Gasteiger partial charge on any atom is 0.255 e. The quantitative estimate of drug-likeness (QED) is 0.521. The van der Waals surface area contributed by atoms with Crippen LogP contribution >= 0.6 is 0 Å². The molecule has 0 aliphatic rings. The normalized spacial score (nSPS) is 10.7. The van der Waals surface area contributed by atoms with Gasteiger partial charge in [0.05, 0.1) is 24.8 Å². The molecule has 146 valence electrons. The van der Waals surface area contributed by atoms with Crippen molar-refractivity contribution < 1.29 is 14.3 Å². The van der Waals surface area contributed by atoms with E-state index in [0.717, 1.165) is 16.7 Å². The molecule has 0 aliphatic heterocycles. The van der Waals surface area contributed by atoms with Crippen LogP contribution in [0.25, 0.3) is 16.7 Å². The molecule has 6 nitrogen and oxygen atoms in total. The first kappa shape index (κ1) is 18.6. The first-order valence-electron chi connectivity index (χ1n) is 9.34. The van der Waals surface area contributed by atoms with Gasteiger partial charge in [0.25, 0.3) is 5.91 Å². The van der Waals surface area contributed by atoms with Gasteiger partial charge in [0.2, 0.25) is 0 Å². The number of anilines is 1. The molecule has 0 unspecified atom stereocenters. The zero-order chi connectivity index (χ0) is 20.2. The second kappa shape index (κ2) is 8.06. The van der Waals surface area contributed by atoms with Crippen molar-refractivity contribution in [3.8, 4) is 17.2 Å². The summed E-state index contributed by atoms with van der Waals surface area (Å²) in [7, 11) is 1.57. The molecule has 3 aromatic carbocycles. The second-order valence-corrected chi connectivity index (χ2v) is 6.40. The predicted octanol–water partition coefficient (Wildman–Crippen LogP) is 4.69. The van der Waals surface area contributed by atoms with Gasteiger partial charge < -0.3 is 14.8 Å². The van der Waals surface area contributed by atoms with Gasteiger partial charge in [-0.15, -0.1) is 0 Å². The topological polar surface area (TPSA) is 65.4 Å². The van der Waals surface area contributed by atoms with Crippen LogP contribution < -0.4 is 14.8 Å². The molecule has 29 heavy (non-hydrogen) atoms. The lowest BCUT2D eigenvalue weighted by molar-refractivity contribution is 0.102. The van der Waals surface area contributed by atoms with Crippen LogP contribution in [0.3, 0.4) is 0 Å². The summed E-state index contributed by atoms with van der Waals surface area (Å²) in [5.41, 5.74) is 4.15. The van der Waals surface area contributed by atoms with Crippen LogP contribution in [0.4, 0.5) is 5.69 Å². The summed E-state index contributed by atoms with van der Waals surface area (Å²) < 4.78 is 12.8. The van der Waals surface area contributed by atoms with Crippen LogP contribution in [0.1, 0.15) is 17.3 Å². The third-order valence-electron chi connectivity index (χ3n) is 4.58. The fourth-order valence-electron chi connectivity index (χ4n) is 3.16. The molecule has 0 aliphatic carbocycles. The number of carbonyl (C=O) groups is 1. The SMILES string of the molecule is CCOc1cc(C(=O)Nc2ccc(-n3cnc4ccccc43)cc2)ccc1OC. The first-order chi connectivity index (χ1) is 14.2. The summed E-state index contributed by atoms with van der Waals surface area (Å²) in [6.45, 7) is 2.38. The van der Waals surface area contributed by atoms with Gasteiger partial charge in [-0.05, 0) is 61.5 Å². The second-order valence-electron chi connectivity index (χ2n) is 6.40. The van der Waals surface area contributed by atoms with Crippen molar-refractivity contribution in [2.75, 3.05) is 19.0 Å². The molecule has 0 bridgehead atoms. The average Bonchev–Trinajstić information content (AvgIpc) is 3.19. The Bertz CT molecular complexity index is 1150. The lowest BCUT2D eigenvalue weighted by Crippen LogP contribution is -2.12. The molecule has 4 aromatic rings.